The first-order chi connectivity index (χ1) is 14.4. The predicted octanol–water partition coefficient (Wildman–Crippen LogP) is 2.45. The van der Waals surface area contributed by atoms with Crippen molar-refractivity contribution in [1.29, 1.82) is 5.26 Å². The van der Waals surface area contributed by atoms with Gasteiger partial charge in [0.25, 0.3) is 0 Å². The van der Waals surface area contributed by atoms with Crippen LogP contribution in [0.15, 0.2) is 55.1 Å². The summed E-state index contributed by atoms with van der Waals surface area (Å²) in [5.74, 6) is 0.899. The van der Waals surface area contributed by atoms with Crippen molar-refractivity contribution in [2.75, 3.05) is 13.1 Å². The molecule has 152 valence electrons. The molecule has 0 aliphatic rings. The second kappa shape index (κ2) is 9.27. The lowest BCUT2D eigenvalue weighted by molar-refractivity contribution is -0.0205. The number of terminal acetylenes is 1. The first-order valence-corrected chi connectivity index (χ1v) is 9.09. The van der Waals surface area contributed by atoms with E-state index in [0.717, 1.165) is 17.7 Å². The average molecular weight is 407 g/mol. The van der Waals surface area contributed by atoms with Crippen LogP contribution in [0.3, 0.4) is 0 Å². The Bertz CT molecular complexity index is 1090. The van der Waals surface area contributed by atoms with E-state index in [0.29, 0.717) is 5.56 Å². The van der Waals surface area contributed by atoms with Gasteiger partial charge in [-0.15, -0.1) is 6.42 Å². The number of hydrogen-bond donors (Lipinski definition) is 1. The van der Waals surface area contributed by atoms with Crippen LogP contribution in [-0.2, 0) is 18.7 Å². The second-order valence-corrected chi connectivity index (χ2v) is 6.87. The van der Waals surface area contributed by atoms with E-state index >= 15 is 0 Å². The molecule has 0 amide bonds. The molecule has 1 aromatic heterocycles. The van der Waals surface area contributed by atoms with Crippen LogP contribution in [0.5, 0.6) is 0 Å². The standard InChI is InChI=1S/C22H19F2N5O/c1-2-9-28(12-18-6-4-3-5-17(18)11-25)13-22(30,14-29-16-26-15-27-29)20-8-7-19(23)10-21(20)24/h1,3-8,10,15-16,30H,9,12-14H2. The molecule has 1 N–H and O–H groups in total. The van der Waals surface area contributed by atoms with Gasteiger partial charge in [0.05, 0.1) is 24.7 Å². The van der Waals surface area contributed by atoms with Crippen LogP contribution in [0.4, 0.5) is 8.78 Å². The molecule has 1 atom stereocenters. The molecule has 8 heteroatoms. The first kappa shape index (κ1) is 21.1. The van der Waals surface area contributed by atoms with Gasteiger partial charge in [-0.1, -0.05) is 30.2 Å². The number of aliphatic hydroxyl groups is 1. The monoisotopic (exact) mass is 407 g/mol. The molecule has 1 unspecified atom stereocenters. The summed E-state index contributed by atoms with van der Waals surface area (Å²) in [6, 6.07) is 12.2. The van der Waals surface area contributed by atoms with Crippen LogP contribution in [0.1, 0.15) is 16.7 Å². The normalized spacial score (nSPS) is 12.9. The Kier molecular flexibility index (Phi) is 6.53. The van der Waals surface area contributed by atoms with Crippen LogP contribution in [-0.4, -0.2) is 37.9 Å². The maximum absolute atomic E-state index is 14.6. The van der Waals surface area contributed by atoms with E-state index in [2.05, 4.69) is 22.1 Å². The maximum Gasteiger partial charge on any atom is 0.137 e. The number of rotatable bonds is 8. The molecular formula is C22H19F2N5O. The van der Waals surface area contributed by atoms with Crippen LogP contribution in [0.25, 0.3) is 0 Å². The average Bonchev–Trinajstić information content (AvgIpc) is 3.21. The molecular weight excluding hydrogens is 388 g/mol. The van der Waals surface area contributed by atoms with Gasteiger partial charge in [-0.2, -0.15) is 10.4 Å². The van der Waals surface area contributed by atoms with Gasteiger partial charge in [0.15, 0.2) is 0 Å². The number of nitriles is 1. The molecule has 1 heterocycles. The zero-order chi connectivity index (χ0) is 21.6. The number of nitrogens with zero attached hydrogens (tertiary/aromatic N) is 5. The Hall–Kier alpha value is -3.59. The predicted molar refractivity (Wildman–Crippen MR) is 106 cm³/mol. The van der Waals surface area contributed by atoms with Crippen molar-refractivity contribution in [3.63, 3.8) is 0 Å². The summed E-state index contributed by atoms with van der Waals surface area (Å²) in [6.07, 6.45) is 8.19. The minimum atomic E-state index is -1.79. The summed E-state index contributed by atoms with van der Waals surface area (Å²) >= 11 is 0. The number of halogens is 2. The fourth-order valence-corrected chi connectivity index (χ4v) is 3.34. The van der Waals surface area contributed by atoms with Gasteiger partial charge in [-0.05, 0) is 17.7 Å². The summed E-state index contributed by atoms with van der Waals surface area (Å²) in [7, 11) is 0. The van der Waals surface area contributed by atoms with Crippen LogP contribution < -0.4 is 0 Å². The van der Waals surface area contributed by atoms with Gasteiger partial charge in [-0.25, -0.2) is 18.4 Å². The molecule has 6 nitrogen and oxygen atoms in total. The molecule has 0 aliphatic carbocycles. The van der Waals surface area contributed by atoms with Crippen molar-refractivity contribution < 1.29 is 13.9 Å². The number of benzene rings is 2. The summed E-state index contributed by atoms with van der Waals surface area (Å²) in [6.45, 7) is 0.189. The first-order valence-electron chi connectivity index (χ1n) is 9.09. The third-order valence-corrected chi connectivity index (χ3v) is 4.65. The highest BCUT2D eigenvalue weighted by Gasteiger charge is 2.35. The van der Waals surface area contributed by atoms with Gasteiger partial charge < -0.3 is 5.11 Å². The van der Waals surface area contributed by atoms with E-state index in [1.54, 1.807) is 29.2 Å². The summed E-state index contributed by atoms with van der Waals surface area (Å²) in [5, 5.41) is 24.8. The minimum absolute atomic E-state index is 0.0840. The molecule has 0 fully saturated rings. The smallest absolute Gasteiger partial charge is 0.137 e. The zero-order valence-corrected chi connectivity index (χ0v) is 16.0. The summed E-state index contributed by atoms with van der Waals surface area (Å²) in [5.41, 5.74) is -0.676. The Balaban J connectivity index is 1.97. The molecule has 3 rings (SSSR count). The summed E-state index contributed by atoms with van der Waals surface area (Å²) < 4.78 is 29.4. The lowest BCUT2D eigenvalue weighted by atomic mass is 9.92. The molecule has 0 saturated carbocycles. The molecule has 2 aromatic carbocycles. The SMILES string of the molecule is C#CCN(Cc1ccccc1C#N)CC(O)(Cn1cncn1)c1ccc(F)cc1F. The van der Waals surface area contributed by atoms with Crippen LogP contribution >= 0.6 is 0 Å². The van der Waals surface area contributed by atoms with Crippen LogP contribution in [0, 0.1) is 35.3 Å². The van der Waals surface area contributed by atoms with E-state index in [1.165, 1.54) is 23.4 Å². The van der Waals surface area contributed by atoms with Gasteiger partial charge in [0.2, 0.25) is 0 Å². The highest BCUT2D eigenvalue weighted by molar-refractivity contribution is 5.37. The lowest BCUT2D eigenvalue weighted by Crippen LogP contribution is -2.44. The van der Waals surface area contributed by atoms with Gasteiger partial charge in [0, 0.05) is 24.7 Å². The topological polar surface area (TPSA) is 78.0 Å². The third-order valence-electron chi connectivity index (χ3n) is 4.65. The Morgan fingerprint density at radius 2 is 2.03 bits per heavy atom. The van der Waals surface area contributed by atoms with Crippen LogP contribution in [0.2, 0.25) is 0 Å². The van der Waals surface area contributed by atoms with Gasteiger partial charge in [0.1, 0.15) is 29.9 Å². The molecule has 0 bridgehead atoms. The highest BCUT2D eigenvalue weighted by Crippen LogP contribution is 2.28. The third kappa shape index (κ3) is 4.87. The maximum atomic E-state index is 14.6. The van der Waals surface area contributed by atoms with E-state index in [1.807, 2.05) is 0 Å². The fourth-order valence-electron chi connectivity index (χ4n) is 3.34. The Morgan fingerprint density at radius 3 is 2.70 bits per heavy atom. The Labute approximate surface area is 173 Å². The zero-order valence-electron chi connectivity index (χ0n) is 16.0. The molecule has 3 aromatic rings. The molecule has 0 aliphatic heterocycles. The van der Waals surface area contributed by atoms with Crippen molar-refractivity contribution in [2.24, 2.45) is 0 Å². The highest BCUT2D eigenvalue weighted by atomic mass is 19.1. The van der Waals surface area contributed by atoms with Gasteiger partial charge >= 0.3 is 0 Å². The molecule has 0 saturated heterocycles. The number of hydrogen-bond acceptors (Lipinski definition) is 5. The van der Waals surface area contributed by atoms with Crippen molar-refractivity contribution >= 4 is 0 Å². The Morgan fingerprint density at radius 1 is 1.23 bits per heavy atom. The van der Waals surface area contributed by atoms with Crippen molar-refractivity contribution in [2.45, 2.75) is 18.7 Å². The fraction of sp³-hybridized carbons (Fsp3) is 0.227. The molecule has 30 heavy (non-hydrogen) atoms. The minimum Gasteiger partial charge on any atom is -0.382 e. The molecule has 0 spiro atoms. The van der Waals surface area contributed by atoms with E-state index in [4.69, 9.17) is 6.42 Å². The quantitative estimate of drug-likeness (QED) is 0.581. The van der Waals surface area contributed by atoms with Gasteiger partial charge in [-0.3, -0.25) is 4.90 Å². The van der Waals surface area contributed by atoms with Crippen molar-refractivity contribution in [3.05, 3.63) is 83.4 Å². The van der Waals surface area contributed by atoms with E-state index < -0.39 is 17.2 Å². The summed E-state index contributed by atoms with van der Waals surface area (Å²) in [4.78, 5) is 5.57. The second-order valence-electron chi connectivity index (χ2n) is 6.87. The van der Waals surface area contributed by atoms with E-state index in [-0.39, 0.29) is 31.7 Å². The van der Waals surface area contributed by atoms with Crippen molar-refractivity contribution in [3.8, 4) is 18.4 Å². The lowest BCUT2D eigenvalue weighted by Gasteiger charge is -2.34. The van der Waals surface area contributed by atoms with Crippen molar-refractivity contribution in [1.82, 2.24) is 19.7 Å². The largest absolute Gasteiger partial charge is 0.382 e. The molecule has 0 radical (unpaired) electrons. The number of aromatic nitrogens is 3. The van der Waals surface area contributed by atoms with E-state index in [9.17, 15) is 19.1 Å².